The average molecular weight is 531 g/mol. The molecule has 1 fully saturated rings. The molecule has 0 bridgehead atoms. The normalized spacial score (nSPS) is 15.0. The molecule has 0 aliphatic carbocycles. The summed E-state index contributed by atoms with van der Waals surface area (Å²) in [6.45, 7) is 1.98. The minimum absolute atomic E-state index is 0.280. The second kappa shape index (κ2) is 11.7. The molecular weight excluding hydrogens is 502 g/mol. The monoisotopic (exact) mass is 530 g/mol. The van der Waals surface area contributed by atoms with Gasteiger partial charge in [-0.1, -0.05) is 23.7 Å². The molecule has 1 aliphatic heterocycles. The molecule has 36 heavy (non-hydrogen) atoms. The third-order valence-electron chi connectivity index (χ3n) is 6.11. The lowest BCUT2D eigenvalue weighted by Crippen LogP contribution is -2.41. The zero-order chi connectivity index (χ0) is 25.7. The third kappa shape index (κ3) is 6.35. The fraction of sp³-hybridized carbons (Fsp3) is 0.333. The largest absolute Gasteiger partial charge is 0.755 e. The average Bonchev–Trinajstić information content (AvgIpc) is 2.87. The molecule has 2 heterocycles. The van der Waals surface area contributed by atoms with Gasteiger partial charge in [-0.05, 0) is 51.2 Å². The van der Waals surface area contributed by atoms with Crippen LogP contribution in [0.1, 0.15) is 12.8 Å². The van der Waals surface area contributed by atoms with Gasteiger partial charge < -0.3 is 34.4 Å². The van der Waals surface area contributed by atoms with Gasteiger partial charge in [0.1, 0.15) is 10.8 Å². The van der Waals surface area contributed by atoms with Crippen LogP contribution in [0.3, 0.4) is 0 Å². The highest BCUT2D eigenvalue weighted by molar-refractivity contribution is 7.80. The van der Waals surface area contributed by atoms with Crippen molar-refractivity contribution in [2.45, 2.75) is 18.9 Å². The summed E-state index contributed by atoms with van der Waals surface area (Å²) in [6.07, 6.45) is 3.71. The number of piperidine rings is 1. The van der Waals surface area contributed by atoms with Gasteiger partial charge in [-0.25, -0.2) is 4.98 Å². The first-order chi connectivity index (χ1) is 17.3. The molecule has 10 nitrogen and oxygen atoms in total. The number of methoxy groups -OCH3 is 1. The van der Waals surface area contributed by atoms with E-state index in [4.69, 9.17) is 16.3 Å². The molecule has 0 saturated carbocycles. The second-order valence-electron chi connectivity index (χ2n) is 8.59. The van der Waals surface area contributed by atoms with Crippen LogP contribution in [0.4, 0.5) is 34.5 Å². The molecule has 1 unspecified atom stereocenters. The Balaban J connectivity index is 1.51. The minimum atomic E-state index is -2.47. The summed E-state index contributed by atoms with van der Waals surface area (Å²) < 4.78 is 30.2. The highest BCUT2D eigenvalue weighted by Crippen LogP contribution is 2.34. The van der Waals surface area contributed by atoms with Crippen molar-refractivity contribution >= 4 is 57.4 Å². The topological polar surface area (TPSA) is 118 Å². The number of halogens is 1. The Morgan fingerprint density at radius 1 is 1.11 bits per heavy atom. The van der Waals surface area contributed by atoms with Crippen LogP contribution in [0.15, 0.2) is 48.7 Å². The summed E-state index contributed by atoms with van der Waals surface area (Å²) in [5, 5.41) is 6.53. The number of aromatic nitrogens is 2. The van der Waals surface area contributed by atoms with Gasteiger partial charge in [-0.3, -0.25) is 4.21 Å². The first-order valence-electron chi connectivity index (χ1n) is 11.4. The Bertz CT molecular complexity index is 1220. The number of rotatable bonds is 9. The summed E-state index contributed by atoms with van der Waals surface area (Å²) in [6, 6.07) is 13.4. The Morgan fingerprint density at radius 3 is 2.50 bits per heavy atom. The highest BCUT2D eigenvalue weighted by Gasteiger charge is 2.21. The van der Waals surface area contributed by atoms with Crippen LogP contribution < -0.4 is 25.0 Å². The van der Waals surface area contributed by atoms with E-state index < -0.39 is 11.3 Å². The van der Waals surface area contributed by atoms with Crippen molar-refractivity contribution in [2.24, 2.45) is 0 Å². The summed E-state index contributed by atoms with van der Waals surface area (Å²) in [5.74, 6) is 1.29. The van der Waals surface area contributed by atoms with E-state index in [9.17, 15) is 8.76 Å². The number of ether oxygens (including phenoxy) is 1. The molecule has 12 heteroatoms. The molecule has 3 N–H and O–H groups in total. The van der Waals surface area contributed by atoms with E-state index in [0.29, 0.717) is 40.6 Å². The molecule has 0 radical (unpaired) electrons. The summed E-state index contributed by atoms with van der Waals surface area (Å²) in [5.41, 5.74) is 2.67. The van der Waals surface area contributed by atoms with Crippen molar-refractivity contribution in [1.29, 1.82) is 0 Å². The van der Waals surface area contributed by atoms with Crippen LogP contribution in [0.25, 0.3) is 0 Å². The minimum Gasteiger partial charge on any atom is -0.755 e. The van der Waals surface area contributed by atoms with Gasteiger partial charge in [0.2, 0.25) is 5.95 Å². The maximum atomic E-state index is 11.1. The highest BCUT2D eigenvalue weighted by atomic mass is 35.5. The lowest BCUT2D eigenvalue weighted by atomic mass is 10.0. The van der Waals surface area contributed by atoms with Crippen LogP contribution in [-0.2, 0) is 11.3 Å². The Morgan fingerprint density at radius 2 is 1.83 bits per heavy atom. The van der Waals surface area contributed by atoms with E-state index in [1.54, 1.807) is 31.4 Å². The van der Waals surface area contributed by atoms with Gasteiger partial charge in [-0.15, -0.1) is 0 Å². The smallest absolute Gasteiger partial charge is 0.229 e. The maximum absolute atomic E-state index is 11.1. The molecule has 1 atom stereocenters. The van der Waals surface area contributed by atoms with E-state index in [2.05, 4.69) is 55.3 Å². The second-order valence-corrected chi connectivity index (χ2v) is 9.67. The van der Waals surface area contributed by atoms with Gasteiger partial charge in [0.05, 0.1) is 30.4 Å². The first kappa shape index (κ1) is 26.0. The van der Waals surface area contributed by atoms with Crippen LogP contribution in [-0.4, -0.2) is 64.0 Å². The van der Waals surface area contributed by atoms with Gasteiger partial charge in [0.25, 0.3) is 0 Å². The third-order valence-corrected chi connectivity index (χ3v) is 6.77. The number of nitrogens with one attached hydrogen (secondary N) is 3. The molecular formula is C24H29ClN7O3S-. The van der Waals surface area contributed by atoms with Crippen LogP contribution in [0, 0.1) is 0 Å². The fourth-order valence-corrected chi connectivity index (χ4v) is 4.65. The van der Waals surface area contributed by atoms with Crippen LogP contribution in [0.2, 0.25) is 5.02 Å². The van der Waals surface area contributed by atoms with Crippen molar-refractivity contribution in [3.8, 4) is 5.75 Å². The van der Waals surface area contributed by atoms with Crippen molar-refractivity contribution in [3.63, 3.8) is 0 Å². The Kier molecular flexibility index (Phi) is 8.47. The van der Waals surface area contributed by atoms with Gasteiger partial charge >= 0.3 is 0 Å². The molecule has 1 saturated heterocycles. The summed E-state index contributed by atoms with van der Waals surface area (Å²) in [4.78, 5) is 13.4. The van der Waals surface area contributed by atoms with E-state index in [1.165, 1.54) is 6.20 Å². The van der Waals surface area contributed by atoms with E-state index in [-0.39, 0.29) is 5.02 Å². The van der Waals surface area contributed by atoms with Crippen LogP contribution in [0.5, 0.6) is 5.75 Å². The molecule has 1 aromatic heterocycles. The molecule has 3 aromatic rings. The number of anilines is 6. The first-order valence-corrected chi connectivity index (χ1v) is 12.9. The SMILES string of the molecule is COc1cc(N2CCC(N(C)C)CC2)ccc1Nc1ncc(Cl)c(Nc2ccccc2NS(=O)[O-])n1. The fourth-order valence-electron chi connectivity index (χ4n) is 4.15. The maximum Gasteiger partial charge on any atom is 0.229 e. The lowest BCUT2D eigenvalue weighted by Gasteiger charge is -2.36. The molecule has 0 spiro atoms. The quantitative estimate of drug-likeness (QED) is 0.347. The molecule has 192 valence electrons. The van der Waals surface area contributed by atoms with E-state index in [0.717, 1.165) is 31.6 Å². The Hall–Kier alpha value is -3.12. The van der Waals surface area contributed by atoms with Crippen molar-refractivity contribution < 1.29 is 13.5 Å². The van der Waals surface area contributed by atoms with Gasteiger partial charge in [0, 0.05) is 42.2 Å². The van der Waals surface area contributed by atoms with Gasteiger partial charge in [0.15, 0.2) is 5.82 Å². The zero-order valence-corrected chi connectivity index (χ0v) is 21.9. The number of hydrogen-bond acceptors (Lipinski definition) is 9. The van der Waals surface area contributed by atoms with E-state index >= 15 is 0 Å². The lowest BCUT2D eigenvalue weighted by molar-refractivity contribution is 0.249. The predicted molar refractivity (Wildman–Crippen MR) is 145 cm³/mol. The molecule has 2 aromatic carbocycles. The van der Waals surface area contributed by atoms with Crippen molar-refractivity contribution in [2.75, 3.05) is 54.6 Å². The van der Waals surface area contributed by atoms with Crippen molar-refractivity contribution in [3.05, 3.63) is 53.7 Å². The Labute approximate surface area is 218 Å². The summed E-state index contributed by atoms with van der Waals surface area (Å²) in [7, 11) is 5.89. The standard InChI is InChI=1S/C24H30ClN7O3S/c1-31(2)16-10-12-32(13-11-16)17-8-9-21(22(14-17)35-3)28-24-26-15-18(25)23(29-24)27-19-6-4-5-7-20(19)30-36(33)34/h4-9,14-16,30H,10-13H2,1-3H3,(H,33,34)(H2,26,27,28,29)/p-1. The van der Waals surface area contributed by atoms with Crippen LogP contribution >= 0.6 is 11.6 Å². The molecule has 4 rings (SSSR count). The predicted octanol–water partition coefficient (Wildman–Crippen LogP) is 4.36. The van der Waals surface area contributed by atoms with Gasteiger partial charge in [-0.2, -0.15) is 4.98 Å². The molecule has 1 aliphatic rings. The number of para-hydroxylation sites is 2. The summed E-state index contributed by atoms with van der Waals surface area (Å²) >= 11 is 3.84. The number of nitrogens with zero attached hydrogens (tertiary/aromatic N) is 4. The van der Waals surface area contributed by atoms with Crippen molar-refractivity contribution in [1.82, 2.24) is 14.9 Å². The molecule has 0 amide bonds. The zero-order valence-electron chi connectivity index (χ0n) is 20.3. The number of benzene rings is 2. The number of hydrogen-bond donors (Lipinski definition) is 3. The van der Waals surface area contributed by atoms with E-state index in [1.807, 2.05) is 12.1 Å².